The van der Waals surface area contributed by atoms with Gasteiger partial charge in [0.2, 0.25) is 11.8 Å². The molecule has 2 aliphatic heterocycles. The van der Waals surface area contributed by atoms with Crippen molar-refractivity contribution in [2.24, 2.45) is 5.92 Å². The van der Waals surface area contributed by atoms with Crippen LogP contribution in [0.25, 0.3) is 0 Å². The van der Waals surface area contributed by atoms with E-state index in [4.69, 9.17) is 4.74 Å². The number of nitrogens with zero attached hydrogens (tertiary/aromatic N) is 4. The van der Waals surface area contributed by atoms with Crippen molar-refractivity contribution in [3.8, 4) is 5.88 Å². The number of carbonyl (C=O) groups excluding carboxylic acids is 1. The maximum Gasteiger partial charge on any atom is 0.251 e. The van der Waals surface area contributed by atoms with Gasteiger partial charge in [0.1, 0.15) is 12.1 Å². The summed E-state index contributed by atoms with van der Waals surface area (Å²) in [6, 6.07) is 1.73. The van der Waals surface area contributed by atoms with Gasteiger partial charge in [-0.05, 0) is 6.42 Å². The van der Waals surface area contributed by atoms with Crippen molar-refractivity contribution < 1.29 is 18.3 Å². The van der Waals surface area contributed by atoms with Crippen LogP contribution in [0.15, 0.2) is 12.4 Å². The lowest BCUT2D eigenvalue weighted by Crippen LogP contribution is -2.45. The Morgan fingerprint density at radius 3 is 2.74 bits per heavy atom. The molecule has 0 spiro atoms. The molecule has 1 amide bonds. The van der Waals surface area contributed by atoms with Crippen LogP contribution in [0.3, 0.4) is 0 Å². The average molecular weight is 326 g/mol. The Morgan fingerprint density at radius 1 is 1.30 bits per heavy atom. The first-order valence-electron chi connectivity index (χ1n) is 7.76. The van der Waals surface area contributed by atoms with Crippen LogP contribution in [0.4, 0.5) is 14.6 Å². The van der Waals surface area contributed by atoms with Gasteiger partial charge in [-0.15, -0.1) is 0 Å². The molecule has 1 atom stereocenters. The zero-order chi connectivity index (χ0) is 16.4. The molecule has 3 rings (SSSR count). The van der Waals surface area contributed by atoms with E-state index < -0.39 is 5.92 Å². The van der Waals surface area contributed by atoms with Gasteiger partial charge in [-0.2, -0.15) is 0 Å². The first kappa shape index (κ1) is 15.9. The van der Waals surface area contributed by atoms with Crippen LogP contribution in [0.5, 0.6) is 5.88 Å². The maximum atomic E-state index is 13.2. The molecule has 1 unspecified atom stereocenters. The zero-order valence-corrected chi connectivity index (χ0v) is 13.0. The molecule has 126 valence electrons. The summed E-state index contributed by atoms with van der Waals surface area (Å²) in [5.41, 5.74) is 0. The summed E-state index contributed by atoms with van der Waals surface area (Å²) in [6.07, 6.45) is 1.66. The topological polar surface area (TPSA) is 58.6 Å². The van der Waals surface area contributed by atoms with E-state index >= 15 is 0 Å². The highest BCUT2D eigenvalue weighted by atomic mass is 19.3. The summed E-state index contributed by atoms with van der Waals surface area (Å²) in [7, 11) is 1.54. The minimum atomic E-state index is -2.63. The van der Waals surface area contributed by atoms with Crippen LogP contribution in [0.2, 0.25) is 0 Å². The smallest absolute Gasteiger partial charge is 0.251 e. The van der Waals surface area contributed by atoms with E-state index in [9.17, 15) is 13.6 Å². The molecule has 8 heteroatoms. The lowest BCUT2D eigenvalue weighted by atomic mass is 10.0. The van der Waals surface area contributed by atoms with Crippen molar-refractivity contribution in [2.75, 3.05) is 38.2 Å². The standard InChI is InChI=1S/C15H20F2N4O2/c1-23-13-8-12(18-10-19-13)21-5-2-11(9-21)14(22)20-6-3-15(16,17)4-7-20/h8,10-11H,2-7,9H2,1H3. The lowest BCUT2D eigenvalue weighted by Gasteiger charge is -2.33. The highest BCUT2D eigenvalue weighted by Crippen LogP contribution is 2.30. The maximum absolute atomic E-state index is 13.2. The van der Waals surface area contributed by atoms with Crippen molar-refractivity contribution in [1.82, 2.24) is 14.9 Å². The molecule has 0 bridgehead atoms. The number of aromatic nitrogens is 2. The van der Waals surface area contributed by atoms with Crippen molar-refractivity contribution in [2.45, 2.75) is 25.2 Å². The van der Waals surface area contributed by atoms with Gasteiger partial charge in [-0.25, -0.2) is 18.7 Å². The van der Waals surface area contributed by atoms with E-state index in [-0.39, 0.29) is 37.8 Å². The fourth-order valence-electron chi connectivity index (χ4n) is 3.10. The Bertz CT molecular complexity index is 574. The van der Waals surface area contributed by atoms with Crippen molar-refractivity contribution in [3.05, 3.63) is 12.4 Å². The van der Waals surface area contributed by atoms with Crippen molar-refractivity contribution in [3.63, 3.8) is 0 Å². The van der Waals surface area contributed by atoms with Crippen molar-refractivity contribution >= 4 is 11.7 Å². The first-order valence-corrected chi connectivity index (χ1v) is 7.76. The van der Waals surface area contributed by atoms with Crippen LogP contribution >= 0.6 is 0 Å². The second-order valence-electron chi connectivity index (χ2n) is 6.03. The summed E-state index contributed by atoms with van der Waals surface area (Å²) in [4.78, 5) is 24.3. The Kier molecular flexibility index (Phi) is 4.32. The third-order valence-electron chi connectivity index (χ3n) is 4.50. The predicted molar refractivity (Wildman–Crippen MR) is 79.7 cm³/mol. The average Bonchev–Trinajstić information content (AvgIpc) is 3.04. The molecule has 2 aliphatic rings. The molecule has 1 aromatic rings. The van der Waals surface area contributed by atoms with Gasteiger partial charge in [0.25, 0.3) is 5.92 Å². The van der Waals surface area contributed by atoms with Crippen molar-refractivity contribution in [1.29, 1.82) is 0 Å². The van der Waals surface area contributed by atoms with Crippen LogP contribution in [0, 0.1) is 5.92 Å². The number of piperidine rings is 1. The predicted octanol–water partition coefficient (Wildman–Crippen LogP) is 1.57. The third-order valence-corrected chi connectivity index (χ3v) is 4.50. The molecule has 0 radical (unpaired) electrons. The van der Waals surface area contributed by atoms with Crippen LogP contribution < -0.4 is 9.64 Å². The summed E-state index contributed by atoms with van der Waals surface area (Å²) >= 11 is 0. The normalized spacial score (nSPS) is 23.9. The number of anilines is 1. The van der Waals surface area contributed by atoms with E-state index in [0.717, 1.165) is 5.82 Å². The molecule has 0 aliphatic carbocycles. The minimum absolute atomic E-state index is 0.0241. The number of alkyl halides is 2. The Hall–Kier alpha value is -1.99. The Morgan fingerprint density at radius 2 is 2.04 bits per heavy atom. The summed E-state index contributed by atoms with van der Waals surface area (Å²) in [5, 5.41) is 0. The number of rotatable bonds is 3. The molecule has 0 saturated carbocycles. The van der Waals surface area contributed by atoms with E-state index in [2.05, 4.69) is 9.97 Å². The van der Waals surface area contributed by atoms with Gasteiger partial charge >= 0.3 is 0 Å². The van der Waals surface area contributed by atoms with E-state index in [0.29, 0.717) is 25.4 Å². The monoisotopic (exact) mass is 326 g/mol. The summed E-state index contributed by atoms with van der Waals surface area (Å²) in [5.74, 6) is -1.62. The molecule has 23 heavy (non-hydrogen) atoms. The van der Waals surface area contributed by atoms with Gasteiger partial charge in [0, 0.05) is 45.1 Å². The second kappa shape index (κ2) is 6.25. The van der Waals surface area contributed by atoms with Gasteiger partial charge in [-0.1, -0.05) is 0 Å². The fraction of sp³-hybridized carbons (Fsp3) is 0.667. The molecule has 6 nitrogen and oxygen atoms in total. The SMILES string of the molecule is COc1cc(N2CCC(C(=O)N3CCC(F)(F)CC3)C2)ncn1. The second-order valence-corrected chi connectivity index (χ2v) is 6.03. The van der Waals surface area contributed by atoms with Gasteiger partial charge < -0.3 is 14.5 Å². The molecule has 0 N–H and O–H groups in total. The number of hydrogen-bond donors (Lipinski definition) is 0. The Labute approximate surface area is 133 Å². The van der Waals surface area contributed by atoms with Gasteiger partial charge in [-0.3, -0.25) is 4.79 Å². The summed E-state index contributed by atoms with van der Waals surface area (Å²) < 4.78 is 31.5. The number of methoxy groups -OCH3 is 1. The Balaban J connectivity index is 1.60. The number of hydrogen-bond acceptors (Lipinski definition) is 5. The number of carbonyl (C=O) groups is 1. The molecule has 3 heterocycles. The zero-order valence-electron chi connectivity index (χ0n) is 13.0. The molecular formula is C15H20F2N4O2. The third kappa shape index (κ3) is 3.51. The minimum Gasteiger partial charge on any atom is -0.481 e. The van der Waals surface area contributed by atoms with Gasteiger partial charge in [0.05, 0.1) is 13.0 Å². The largest absolute Gasteiger partial charge is 0.481 e. The highest BCUT2D eigenvalue weighted by molar-refractivity contribution is 5.80. The van der Waals surface area contributed by atoms with Gasteiger partial charge in [0.15, 0.2) is 0 Å². The highest BCUT2D eigenvalue weighted by Gasteiger charge is 2.39. The van der Waals surface area contributed by atoms with Crippen LogP contribution in [-0.4, -0.2) is 60.0 Å². The fourth-order valence-corrected chi connectivity index (χ4v) is 3.10. The summed E-state index contributed by atoms with van der Waals surface area (Å²) in [6.45, 7) is 1.54. The first-order chi connectivity index (χ1) is 11.0. The van der Waals surface area contributed by atoms with E-state index in [1.165, 1.54) is 13.4 Å². The van der Waals surface area contributed by atoms with E-state index in [1.807, 2.05) is 4.90 Å². The molecule has 0 aromatic carbocycles. The van der Waals surface area contributed by atoms with E-state index in [1.54, 1.807) is 11.0 Å². The number of ether oxygens (including phenoxy) is 1. The molecule has 2 saturated heterocycles. The molecular weight excluding hydrogens is 306 g/mol. The molecule has 2 fully saturated rings. The lowest BCUT2D eigenvalue weighted by molar-refractivity contribution is -0.140. The number of likely N-dealkylation sites (tertiary alicyclic amines) is 1. The number of halogens is 2. The molecule has 1 aromatic heterocycles. The quantitative estimate of drug-likeness (QED) is 0.844. The van der Waals surface area contributed by atoms with Crippen LogP contribution in [0.1, 0.15) is 19.3 Å². The number of amides is 1. The van der Waals surface area contributed by atoms with Crippen LogP contribution in [-0.2, 0) is 4.79 Å².